The highest BCUT2D eigenvalue weighted by Gasteiger charge is 2.15. The molecule has 0 aromatic carbocycles. The van der Waals surface area contributed by atoms with Crippen LogP contribution in [0.5, 0.6) is 0 Å². The van der Waals surface area contributed by atoms with Crippen LogP contribution in [0.25, 0.3) is 0 Å². The van der Waals surface area contributed by atoms with Crippen molar-refractivity contribution in [1.29, 1.82) is 0 Å². The molecule has 0 radical (unpaired) electrons. The molecule has 3 N–H and O–H groups in total. The number of hydrogen-bond acceptors (Lipinski definition) is 3. The van der Waals surface area contributed by atoms with Crippen LogP contribution in [0.1, 0.15) is 32.6 Å². The summed E-state index contributed by atoms with van der Waals surface area (Å²) in [4.78, 5) is 13.1. The molecule has 4 nitrogen and oxygen atoms in total. The zero-order chi connectivity index (χ0) is 11.1. The molecule has 0 aromatic heterocycles. The summed E-state index contributed by atoms with van der Waals surface area (Å²) < 4.78 is 0. The summed E-state index contributed by atoms with van der Waals surface area (Å²) in [6, 6.07) is 0.570. The van der Waals surface area contributed by atoms with E-state index < -0.39 is 0 Å². The van der Waals surface area contributed by atoms with E-state index in [9.17, 15) is 4.79 Å². The standard InChI is InChI=1S/C11H23N3O/c1-2-14-8-3-4-10(6-9-14)13-7-5-11(12)15/h10,13H,2-9H2,1H3,(H2,12,15). The van der Waals surface area contributed by atoms with Gasteiger partial charge in [0.05, 0.1) is 0 Å². The molecule has 1 rings (SSSR count). The van der Waals surface area contributed by atoms with Crippen LogP contribution >= 0.6 is 0 Å². The van der Waals surface area contributed by atoms with Crippen molar-refractivity contribution < 1.29 is 4.79 Å². The lowest BCUT2D eigenvalue weighted by Gasteiger charge is -2.18. The Labute approximate surface area is 92.2 Å². The second kappa shape index (κ2) is 6.80. The number of carbonyl (C=O) groups excluding carboxylic acids is 1. The van der Waals surface area contributed by atoms with Crippen molar-refractivity contribution >= 4 is 5.91 Å². The molecule has 88 valence electrons. The third-order valence-electron chi connectivity index (χ3n) is 3.07. The molecule has 1 aliphatic rings. The van der Waals surface area contributed by atoms with Gasteiger partial charge in [-0.3, -0.25) is 4.79 Å². The summed E-state index contributed by atoms with van der Waals surface area (Å²) in [6.07, 6.45) is 4.11. The molecule has 1 aliphatic heterocycles. The van der Waals surface area contributed by atoms with Crippen molar-refractivity contribution in [2.75, 3.05) is 26.2 Å². The largest absolute Gasteiger partial charge is 0.370 e. The van der Waals surface area contributed by atoms with Crippen LogP contribution < -0.4 is 11.1 Å². The molecule has 1 unspecified atom stereocenters. The molecule has 0 aromatic rings. The second-order valence-corrected chi connectivity index (χ2v) is 4.23. The highest BCUT2D eigenvalue weighted by molar-refractivity contribution is 5.73. The maximum absolute atomic E-state index is 10.6. The van der Waals surface area contributed by atoms with E-state index in [1.807, 2.05) is 0 Å². The fourth-order valence-electron chi connectivity index (χ4n) is 2.08. The number of primary amides is 1. The molecular weight excluding hydrogens is 190 g/mol. The molecule has 0 spiro atoms. The maximum atomic E-state index is 10.6. The second-order valence-electron chi connectivity index (χ2n) is 4.23. The van der Waals surface area contributed by atoms with E-state index in [-0.39, 0.29) is 5.91 Å². The number of nitrogens with zero attached hydrogens (tertiary/aromatic N) is 1. The van der Waals surface area contributed by atoms with Crippen molar-refractivity contribution in [2.24, 2.45) is 5.73 Å². The minimum atomic E-state index is -0.216. The fourth-order valence-corrected chi connectivity index (χ4v) is 2.08. The minimum Gasteiger partial charge on any atom is -0.370 e. The molecule has 1 amide bonds. The Morgan fingerprint density at radius 1 is 1.47 bits per heavy atom. The van der Waals surface area contributed by atoms with Crippen molar-refractivity contribution in [3.8, 4) is 0 Å². The van der Waals surface area contributed by atoms with Gasteiger partial charge >= 0.3 is 0 Å². The molecule has 0 saturated carbocycles. The number of rotatable bonds is 5. The van der Waals surface area contributed by atoms with Crippen LogP contribution in [0.4, 0.5) is 0 Å². The minimum absolute atomic E-state index is 0.216. The van der Waals surface area contributed by atoms with Crippen molar-refractivity contribution in [3.05, 3.63) is 0 Å². The average molecular weight is 213 g/mol. The Morgan fingerprint density at radius 2 is 2.27 bits per heavy atom. The van der Waals surface area contributed by atoms with Crippen LogP contribution in [0.3, 0.4) is 0 Å². The van der Waals surface area contributed by atoms with Gasteiger partial charge in [0.25, 0.3) is 0 Å². The summed E-state index contributed by atoms with van der Waals surface area (Å²) in [5, 5.41) is 3.41. The van der Waals surface area contributed by atoms with Crippen LogP contribution in [-0.4, -0.2) is 43.0 Å². The number of carbonyl (C=O) groups is 1. The van der Waals surface area contributed by atoms with Gasteiger partial charge in [-0.05, 0) is 38.9 Å². The van der Waals surface area contributed by atoms with Gasteiger partial charge in [0.15, 0.2) is 0 Å². The van der Waals surface area contributed by atoms with Crippen molar-refractivity contribution in [3.63, 3.8) is 0 Å². The lowest BCUT2D eigenvalue weighted by molar-refractivity contribution is -0.117. The summed E-state index contributed by atoms with van der Waals surface area (Å²) in [5.41, 5.74) is 5.10. The van der Waals surface area contributed by atoms with E-state index in [4.69, 9.17) is 5.73 Å². The van der Waals surface area contributed by atoms with Gasteiger partial charge in [0, 0.05) is 19.0 Å². The van der Waals surface area contributed by atoms with Gasteiger partial charge in [-0.25, -0.2) is 0 Å². The van der Waals surface area contributed by atoms with Gasteiger partial charge in [-0.1, -0.05) is 6.92 Å². The lowest BCUT2D eigenvalue weighted by Crippen LogP contribution is -2.33. The zero-order valence-electron chi connectivity index (χ0n) is 9.67. The summed E-state index contributed by atoms with van der Waals surface area (Å²) in [7, 11) is 0. The first-order chi connectivity index (χ1) is 7.22. The highest BCUT2D eigenvalue weighted by Crippen LogP contribution is 2.10. The Balaban J connectivity index is 2.16. The number of nitrogens with one attached hydrogen (secondary N) is 1. The Morgan fingerprint density at radius 3 is 2.93 bits per heavy atom. The van der Waals surface area contributed by atoms with Crippen LogP contribution in [0, 0.1) is 0 Å². The van der Waals surface area contributed by atoms with E-state index in [1.54, 1.807) is 0 Å². The lowest BCUT2D eigenvalue weighted by atomic mass is 10.1. The third kappa shape index (κ3) is 5.14. The molecule has 1 saturated heterocycles. The zero-order valence-corrected chi connectivity index (χ0v) is 9.67. The molecule has 0 aliphatic carbocycles. The van der Waals surface area contributed by atoms with Gasteiger partial charge in [0.1, 0.15) is 0 Å². The highest BCUT2D eigenvalue weighted by atomic mass is 16.1. The molecule has 1 atom stereocenters. The quantitative estimate of drug-likeness (QED) is 0.692. The Kier molecular flexibility index (Phi) is 5.65. The summed E-state index contributed by atoms with van der Waals surface area (Å²) >= 11 is 0. The Hall–Kier alpha value is -0.610. The topological polar surface area (TPSA) is 58.4 Å². The molecule has 4 heteroatoms. The fraction of sp³-hybridized carbons (Fsp3) is 0.909. The first kappa shape index (κ1) is 12.5. The van der Waals surface area contributed by atoms with Crippen molar-refractivity contribution in [1.82, 2.24) is 10.2 Å². The predicted molar refractivity (Wildman–Crippen MR) is 61.6 cm³/mol. The van der Waals surface area contributed by atoms with Gasteiger partial charge in [0.2, 0.25) is 5.91 Å². The van der Waals surface area contributed by atoms with Gasteiger partial charge in [-0.15, -0.1) is 0 Å². The molecular formula is C11H23N3O. The number of amides is 1. The average Bonchev–Trinajstić information content (AvgIpc) is 2.42. The smallest absolute Gasteiger partial charge is 0.218 e. The Bertz CT molecular complexity index is 196. The predicted octanol–water partition coefficient (Wildman–Crippen LogP) is 0.326. The van der Waals surface area contributed by atoms with E-state index in [1.165, 1.54) is 32.4 Å². The van der Waals surface area contributed by atoms with Crippen LogP contribution in [0.15, 0.2) is 0 Å². The van der Waals surface area contributed by atoms with Crippen LogP contribution in [0.2, 0.25) is 0 Å². The number of hydrogen-bond donors (Lipinski definition) is 2. The van der Waals surface area contributed by atoms with Crippen molar-refractivity contribution in [2.45, 2.75) is 38.6 Å². The normalized spacial score (nSPS) is 23.7. The molecule has 1 fully saturated rings. The van der Waals surface area contributed by atoms with Crippen LogP contribution in [-0.2, 0) is 4.79 Å². The first-order valence-electron chi connectivity index (χ1n) is 5.96. The molecule has 1 heterocycles. The molecule has 15 heavy (non-hydrogen) atoms. The van der Waals surface area contributed by atoms with E-state index in [0.29, 0.717) is 12.5 Å². The number of nitrogens with two attached hydrogens (primary N) is 1. The SMILES string of the molecule is CCN1CCCC(NCCC(N)=O)CC1. The summed E-state index contributed by atoms with van der Waals surface area (Å²) in [5.74, 6) is -0.216. The maximum Gasteiger partial charge on any atom is 0.218 e. The van der Waals surface area contributed by atoms with E-state index in [2.05, 4.69) is 17.1 Å². The third-order valence-corrected chi connectivity index (χ3v) is 3.07. The van der Waals surface area contributed by atoms with Gasteiger partial charge in [-0.2, -0.15) is 0 Å². The molecule has 0 bridgehead atoms. The first-order valence-corrected chi connectivity index (χ1v) is 5.96. The summed E-state index contributed by atoms with van der Waals surface area (Å²) in [6.45, 7) is 6.47. The van der Waals surface area contributed by atoms with E-state index >= 15 is 0 Å². The van der Waals surface area contributed by atoms with Gasteiger partial charge < -0.3 is 16.0 Å². The van der Waals surface area contributed by atoms with E-state index in [0.717, 1.165) is 13.1 Å². The number of likely N-dealkylation sites (tertiary alicyclic amines) is 1. The monoisotopic (exact) mass is 213 g/mol.